The Morgan fingerprint density at radius 3 is 2.40 bits per heavy atom. The summed E-state index contributed by atoms with van der Waals surface area (Å²) in [5.74, 6) is 0. The van der Waals surface area contributed by atoms with Crippen molar-refractivity contribution in [1.29, 1.82) is 0 Å². The Morgan fingerprint density at radius 2 is 1.87 bits per heavy atom. The van der Waals surface area contributed by atoms with Gasteiger partial charge in [0.25, 0.3) is 0 Å². The topological polar surface area (TPSA) is 12.0 Å². The Hall–Kier alpha value is -0.240. The third kappa shape index (κ3) is 4.02. The zero-order valence-corrected chi connectivity index (χ0v) is 10.9. The molecule has 0 heterocycles. The Kier molecular flexibility index (Phi) is 4.45. The minimum Gasteiger partial charge on any atom is -0.308 e. The van der Waals surface area contributed by atoms with Gasteiger partial charge in [-0.2, -0.15) is 0 Å². The van der Waals surface area contributed by atoms with Gasteiger partial charge in [0.2, 0.25) is 0 Å². The van der Waals surface area contributed by atoms with Crippen LogP contribution in [0.15, 0.2) is 18.2 Å². The van der Waals surface area contributed by atoms with E-state index in [4.69, 9.17) is 23.2 Å². The van der Waals surface area contributed by atoms with Gasteiger partial charge >= 0.3 is 0 Å². The maximum Gasteiger partial charge on any atom is 0.0595 e. The van der Waals surface area contributed by atoms with Crippen molar-refractivity contribution < 1.29 is 0 Å². The standard InChI is InChI=1S/C12H17Cl2N/c1-4-12(2,3)15-8-9-5-6-10(13)11(14)7-9/h5-7,15H,4,8H2,1-3H3. The molecule has 0 saturated carbocycles. The van der Waals surface area contributed by atoms with Crippen LogP contribution in [0.1, 0.15) is 32.8 Å². The number of hydrogen-bond acceptors (Lipinski definition) is 1. The van der Waals surface area contributed by atoms with E-state index >= 15 is 0 Å². The minimum absolute atomic E-state index is 0.159. The second-order valence-electron chi connectivity index (χ2n) is 4.34. The van der Waals surface area contributed by atoms with E-state index in [2.05, 4.69) is 26.1 Å². The van der Waals surface area contributed by atoms with Gasteiger partial charge in [-0.05, 0) is 38.0 Å². The van der Waals surface area contributed by atoms with Crippen LogP contribution in [0.4, 0.5) is 0 Å². The molecule has 0 spiro atoms. The van der Waals surface area contributed by atoms with Gasteiger partial charge in [-0.25, -0.2) is 0 Å². The summed E-state index contributed by atoms with van der Waals surface area (Å²) in [6.45, 7) is 7.36. The fraction of sp³-hybridized carbons (Fsp3) is 0.500. The molecule has 0 saturated heterocycles. The van der Waals surface area contributed by atoms with Gasteiger partial charge in [-0.3, -0.25) is 0 Å². The zero-order chi connectivity index (χ0) is 11.5. The van der Waals surface area contributed by atoms with E-state index in [9.17, 15) is 0 Å². The quantitative estimate of drug-likeness (QED) is 0.836. The molecule has 1 nitrogen and oxygen atoms in total. The Labute approximate surface area is 102 Å². The van der Waals surface area contributed by atoms with E-state index in [1.165, 1.54) is 0 Å². The average molecular weight is 246 g/mol. The van der Waals surface area contributed by atoms with E-state index in [0.29, 0.717) is 10.0 Å². The highest BCUT2D eigenvalue weighted by atomic mass is 35.5. The summed E-state index contributed by atoms with van der Waals surface area (Å²) in [6, 6.07) is 5.73. The number of hydrogen-bond donors (Lipinski definition) is 1. The van der Waals surface area contributed by atoms with Crippen molar-refractivity contribution in [2.24, 2.45) is 0 Å². The van der Waals surface area contributed by atoms with Crippen LogP contribution in [0, 0.1) is 0 Å². The van der Waals surface area contributed by atoms with Gasteiger partial charge < -0.3 is 5.32 Å². The molecule has 0 bridgehead atoms. The van der Waals surface area contributed by atoms with E-state index in [-0.39, 0.29) is 5.54 Å². The summed E-state index contributed by atoms with van der Waals surface area (Å²) < 4.78 is 0. The first-order valence-corrected chi connectivity index (χ1v) is 5.89. The monoisotopic (exact) mass is 245 g/mol. The van der Waals surface area contributed by atoms with E-state index < -0.39 is 0 Å². The Bertz CT molecular complexity index is 334. The minimum atomic E-state index is 0.159. The van der Waals surface area contributed by atoms with Crippen LogP contribution in [-0.4, -0.2) is 5.54 Å². The number of nitrogens with one attached hydrogen (secondary N) is 1. The second-order valence-corrected chi connectivity index (χ2v) is 5.15. The third-order valence-electron chi connectivity index (χ3n) is 2.64. The van der Waals surface area contributed by atoms with Gasteiger partial charge in [-0.1, -0.05) is 36.2 Å². The predicted octanol–water partition coefficient (Wildman–Crippen LogP) is 4.27. The molecule has 0 amide bonds. The SMILES string of the molecule is CCC(C)(C)NCc1ccc(Cl)c(Cl)c1. The van der Waals surface area contributed by atoms with E-state index in [0.717, 1.165) is 18.5 Å². The molecule has 15 heavy (non-hydrogen) atoms. The van der Waals surface area contributed by atoms with Crippen LogP contribution in [0.2, 0.25) is 10.0 Å². The van der Waals surface area contributed by atoms with E-state index in [1.54, 1.807) is 0 Å². The van der Waals surface area contributed by atoms with E-state index in [1.807, 2.05) is 18.2 Å². The van der Waals surface area contributed by atoms with Crippen molar-refractivity contribution in [3.05, 3.63) is 33.8 Å². The fourth-order valence-corrected chi connectivity index (χ4v) is 1.44. The summed E-state index contributed by atoms with van der Waals surface area (Å²) in [5, 5.41) is 4.69. The molecule has 0 fully saturated rings. The van der Waals surface area contributed by atoms with Crippen LogP contribution >= 0.6 is 23.2 Å². The number of benzene rings is 1. The van der Waals surface area contributed by atoms with Crippen LogP contribution in [0.25, 0.3) is 0 Å². The lowest BCUT2D eigenvalue weighted by Gasteiger charge is -2.24. The summed E-state index contributed by atoms with van der Waals surface area (Å²) in [7, 11) is 0. The third-order valence-corrected chi connectivity index (χ3v) is 3.38. The van der Waals surface area contributed by atoms with Gasteiger partial charge in [0, 0.05) is 12.1 Å². The van der Waals surface area contributed by atoms with Crippen molar-refractivity contribution in [2.45, 2.75) is 39.3 Å². The number of halogens is 2. The van der Waals surface area contributed by atoms with Crippen LogP contribution < -0.4 is 5.32 Å². The summed E-state index contributed by atoms with van der Waals surface area (Å²) in [5.41, 5.74) is 1.32. The van der Waals surface area contributed by atoms with Gasteiger partial charge in [0.05, 0.1) is 10.0 Å². The van der Waals surface area contributed by atoms with Crippen LogP contribution in [0.3, 0.4) is 0 Å². The molecule has 0 aliphatic heterocycles. The highest BCUT2D eigenvalue weighted by Gasteiger charge is 2.13. The molecule has 1 N–H and O–H groups in total. The average Bonchev–Trinajstić information content (AvgIpc) is 2.20. The highest BCUT2D eigenvalue weighted by molar-refractivity contribution is 6.42. The molecule has 84 valence electrons. The smallest absolute Gasteiger partial charge is 0.0595 e. The molecule has 0 aromatic heterocycles. The van der Waals surface area contributed by atoms with Gasteiger partial charge in [0.15, 0.2) is 0 Å². The van der Waals surface area contributed by atoms with Crippen LogP contribution in [0.5, 0.6) is 0 Å². The summed E-state index contributed by atoms with van der Waals surface area (Å²) in [6.07, 6.45) is 1.09. The lowest BCUT2D eigenvalue weighted by molar-refractivity contribution is 0.374. The number of rotatable bonds is 4. The molecule has 1 rings (SSSR count). The highest BCUT2D eigenvalue weighted by Crippen LogP contribution is 2.22. The molecule has 0 aliphatic rings. The maximum absolute atomic E-state index is 5.94. The van der Waals surface area contributed by atoms with Crippen LogP contribution in [-0.2, 0) is 6.54 Å². The van der Waals surface area contributed by atoms with Crippen molar-refractivity contribution in [3.63, 3.8) is 0 Å². The van der Waals surface area contributed by atoms with Crippen molar-refractivity contribution in [1.82, 2.24) is 5.32 Å². The lowest BCUT2D eigenvalue weighted by atomic mass is 10.0. The molecule has 0 radical (unpaired) electrons. The molecule has 0 atom stereocenters. The van der Waals surface area contributed by atoms with Crippen molar-refractivity contribution in [3.8, 4) is 0 Å². The molecule has 0 aliphatic carbocycles. The van der Waals surface area contributed by atoms with Crippen molar-refractivity contribution >= 4 is 23.2 Å². The predicted molar refractivity (Wildman–Crippen MR) is 67.7 cm³/mol. The Balaban J connectivity index is 2.62. The molecule has 3 heteroatoms. The maximum atomic E-state index is 5.94. The first-order valence-electron chi connectivity index (χ1n) is 5.13. The zero-order valence-electron chi connectivity index (χ0n) is 9.40. The first-order chi connectivity index (χ1) is 6.94. The van der Waals surface area contributed by atoms with Gasteiger partial charge in [0.1, 0.15) is 0 Å². The lowest BCUT2D eigenvalue weighted by Crippen LogP contribution is -2.37. The molecule has 0 unspecified atom stereocenters. The normalized spacial score (nSPS) is 11.8. The second kappa shape index (κ2) is 5.20. The first kappa shape index (κ1) is 12.8. The fourth-order valence-electron chi connectivity index (χ4n) is 1.12. The molecular formula is C12H17Cl2N. The largest absolute Gasteiger partial charge is 0.308 e. The van der Waals surface area contributed by atoms with Crippen molar-refractivity contribution in [2.75, 3.05) is 0 Å². The summed E-state index contributed by atoms with van der Waals surface area (Å²) in [4.78, 5) is 0. The summed E-state index contributed by atoms with van der Waals surface area (Å²) >= 11 is 11.8. The Morgan fingerprint density at radius 1 is 1.20 bits per heavy atom. The molecule has 1 aromatic rings. The molecular weight excluding hydrogens is 229 g/mol. The van der Waals surface area contributed by atoms with Gasteiger partial charge in [-0.15, -0.1) is 0 Å². The molecule has 1 aromatic carbocycles.